The van der Waals surface area contributed by atoms with Crippen LogP contribution in [0, 0.1) is 0 Å². The van der Waals surface area contributed by atoms with E-state index in [0.717, 1.165) is 37.9 Å². The van der Waals surface area contributed by atoms with Gasteiger partial charge < -0.3 is 10.4 Å². The molecule has 2 rings (SSSR count). The Bertz CT molecular complexity index is 289. The van der Waals surface area contributed by atoms with E-state index in [1.165, 1.54) is 0 Å². The fourth-order valence-electron chi connectivity index (χ4n) is 2.11. The second-order valence-electron chi connectivity index (χ2n) is 4.13. The molecule has 15 heavy (non-hydrogen) atoms. The smallest absolute Gasteiger partial charge is 0.0693 e. The van der Waals surface area contributed by atoms with Crippen LogP contribution in [0.2, 0.25) is 0 Å². The predicted octanol–water partition coefficient (Wildman–Crippen LogP) is 1.13. The first-order valence-electron chi connectivity index (χ1n) is 5.67. The van der Waals surface area contributed by atoms with Gasteiger partial charge in [0.05, 0.1) is 6.10 Å². The molecular formula is C12H18N2O. The van der Waals surface area contributed by atoms with Crippen molar-refractivity contribution < 1.29 is 5.11 Å². The van der Waals surface area contributed by atoms with Gasteiger partial charge in [-0.25, -0.2) is 0 Å². The summed E-state index contributed by atoms with van der Waals surface area (Å²) in [6.07, 6.45) is 5.80. The largest absolute Gasteiger partial charge is 0.392 e. The maximum atomic E-state index is 9.61. The van der Waals surface area contributed by atoms with Crippen LogP contribution in [0.1, 0.15) is 25.0 Å². The van der Waals surface area contributed by atoms with Crippen molar-refractivity contribution in [3.8, 4) is 0 Å². The highest BCUT2D eigenvalue weighted by Gasteiger charge is 2.23. The third kappa shape index (κ3) is 3.01. The molecule has 1 aliphatic rings. The molecule has 1 aromatic heterocycles. The number of rotatable bonds is 4. The molecule has 0 spiro atoms. The Labute approximate surface area is 90.5 Å². The number of nitrogens with one attached hydrogen (secondary N) is 1. The molecule has 82 valence electrons. The van der Waals surface area contributed by atoms with Crippen LogP contribution in [0.25, 0.3) is 0 Å². The first-order chi connectivity index (χ1) is 7.36. The van der Waals surface area contributed by atoms with Gasteiger partial charge in [0, 0.05) is 30.9 Å². The monoisotopic (exact) mass is 206 g/mol. The van der Waals surface area contributed by atoms with Crippen LogP contribution < -0.4 is 5.32 Å². The van der Waals surface area contributed by atoms with Gasteiger partial charge in [0.25, 0.3) is 0 Å². The summed E-state index contributed by atoms with van der Waals surface area (Å²) < 4.78 is 0. The second-order valence-corrected chi connectivity index (χ2v) is 4.13. The Balaban J connectivity index is 1.71. The lowest BCUT2D eigenvalue weighted by molar-refractivity contribution is 0.149. The third-order valence-electron chi connectivity index (χ3n) is 2.99. The molecule has 3 nitrogen and oxygen atoms in total. The molecule has 0 amide bonds. The first kappa shape index (κ1) is 10.6. The van der Waals surface area contributed by atoms with Crippen LogP contribution in [0.3, 0.4) is 0 Å². The average molecular weight is 206 g/mol. The van der Waals surface area contributed by atoms with Crippen LogP contribution in [0.4, 0.5) is 0 Å². The quantitative estimate of drug-likeness (QED) is 0.776. The van der Waals surface area contributed by atoms with E-state index in [1.54, 1.807) is 0 Å². The van der Waals surface area contributed by atoms with Gasteiger partial charge in [-0.1, -0.05) is 6.07 Å². The third-order valence-corrected chi connectivity index (χ3v) is 2.99. The van der Waals surface area contributed by atoms with Crippen molar-refractivity contribution in [3.63, 3.8) is 0 Å². The minimum Gasteiger partial charge on any atom is -0.392 e. The molecule has 1 aliphatic carbocycles. The van der Waals surface area contributed by atoms with Gasteiger partial charge in [0.15, 0.2) is 0 Å². The minimum atomic E-state index is -0.145. The molecule has 2 atom stereocenters. The zero-order chi connectivity index (χ0) is 10.5. The summed E-state index contributed by atoms with van der Waals surface area (Å²) >= 11 is 0. The Hall–Kier alpha value is -0.930. The zero-order valence-corrected chi connectivity index (χ0v) is 8.89. The first-order valence-corrected chi connectivity index (χ1v) is 5.67. The number of aromatic nitrogens is 1. The van der Waals surface area contributed by atoms with E-state index >= 15 is 0 Å². The summed E-state index contributed by atoms with van der Waals surface area (Å²) in [5, 5.41) is 13.0. The zero-order valence-electron chi connectivity index (χ0n) is 8.89. The minimum absolute atomic E-state index is 0.145. The van der Waals surface area contributed by atoms with E-state index in [9.17, 15) is 5.11 Å². The predicted molar refractivity (Wildman–Crippen MR) is 59.6 cm³/mol. The molecule has 0 aliphatic heterocycles. The summed E-state index contributed by atoms with van der Waals surface area (Å²) in [7, 11) is 0. The van der Waals surface area contributed by atoms with Gasteiger partial charge in [-0.2, -0.15) is 0 Å². The molecule has 2 N–H and O–H groups in total. The lowest BCUT2D eigenvalue weighted by atomic mass is 10.2. The number of pyridine rings is 1. The fourth-order valence-corrected chi connectivity index (χ4v) is 2.11. The summed E-state index contributed by atoms with van der Waals surface area (Å²) in [5.41, 5.74) is 1.11. The van der Waals surface area contributed by atoms with Gasteiger partial charge in [0.2, 0.25) is 0 Å². The molecule has 1 aromatic rings. The van der Waals surface area contributed by atoms with Gasteiger partial charge >= 0.3 is 0 Å². The lowest BCUT2D eigenvalue weighted by Gasteiger charge is -2.15. The van der Waals surface area contributed by atoms with E-state index < -0.39 is 0 Å². The maximum absolute atomic E-state index is 9.61. The number of hydrogen-bond acceptors (Lipinski definition) is 3. The van der Waals surface area contributed by atoms with E-state index in [2.05, 4.69) is 10.3 Å². The van der Waals surface area contributed by atoms with Gasteiger partial charge in [-0.05, 0) is 31.4 Å². The molecular weight excluding hydrogens is 188 g/mol. The second kappa shape index (κ2) is 5.24. The van der Waals surface area contributed by atoms with E-state index in [4.69, 9.17) is 0 Å². The van der Waals surface area contributed by atoms with Crippen molar-refractivity contribution in [2.45, 2.75) is 37.8 Å². The van der Waals surface area contributed by atoms with Gasteiger partial charge in [-0.15, -0.1) is 0 Å². The Morgan fingerprint density at radius 3 is 3.00 bits per heavy atom. The van der Waals surface area contributed by atoms with E-state index in [0.29, 0.717) is 6.04 Å². The SMILES string of the molecule is OC1CCCC1NCCc1ccccn1. The molecule has 0 radical (unpaired) electrons. The maximum Gasteiger partial charge on any atom is 0.0693 e. The number of nitrogens with zero attached hydrogens (tertiary/aromatic N) is 1. The highest BCUT2D eigenvalue weighted by molar-refractivity contribution is 5.03. The number of aliphatic hydroxyl groups excluding tert-OH is 1. The molecule has 0 aromatic carbocycles. The molecule has 1 fully saturated rings. The van der Waals surface area contributed by atoms with Gasteiger partial charge in [-0.3, -0.25) is 4.98 Å². The molecule has 1 heterocycles. The summed E-state index contributed by atoms with van der Waals surface area (Å²) in [6.45, 7) is 0.902. The van der Waals surface area contributed by atoms with Crippen LogP contribution in [0.5, 0.6) is 0 Å². The number of aliphatic hydroxyl groups is 1. The molecule has 1 saturated carbocycles. The standard InChI is InChI=1S/C12H18N2O/c15-12-6-3-5-11(12)14-9-7-10-4-1-2-8-13-10/h1-2,4,8,11-12,14-15H,3,5-7,9H2. The van der Waals surface area contributed by atoms with E-state index in [1.807, 2.05) is 24.4 Å². The highest BCUT2D eigenvalue weighted by atomic mass is 16.3. The van der Waals surface area contributed by atoms with Crippen molar-refractivity contribution >= 4 is 0 Å². The molecule has 2 unspecified atom stereocenters. The lowest BCUT2D eigenvalue weighted by Crippen LogP contribution is -2.36. The van der Waals surface area contributed by atoms with Crippen LogP contribution in [-0.4, -0.2) is 28.8 Å². The fraction of sp³-hybridized carbons (Fsp3) is 0.583. The van der Waals surface area contributed by atoms with Crippen LogP contribution in [-0.2, 0) is 6.42 Å². The van der Waals surface area contributed by atoms with Crippen molar-refractivity contribution in [1.29, 1.82) is 0 Å². The Morgan fingerprint density at radius 2 is 2.33 bits per heavy atom. The normalized spacial score (nSPS) is 25.7. The summed E-state index contributed by atoms with van der Waals surface area (Å²) in [5.74, 6) is 0. The van der Waals surface area contributed by atoms with Crippen molar-refractivity contribution in [2.24, 2.45) is 0 Å². The van der Waals surface area contributed by atoms with E-state index in [-0.39, 0.29) is 6.10 Å². The Kier molecular flexibility index (Phi) is 3.69. The number of hydrogen-bond donors (Lipinski definition) is 2. The molecule has 0 bridgehead atoms. The summed E-state index contributed by atoms with van der Waals surface area (Å²) in [4.78, 5) is 4.26. The van der Waals surface area contributed by atoms with Crippen molar-refractivity contribution in [1.82, 2.24) is 10.3 Å². The molecule has 3 heteroatoms. The topological polar surface area (TPSA) is 45.1 Å². The average Bonchev–Trinajstić information content (AvgIpc) is 2.66. The van der Waals surface area contributed by atoms with Crippen molar-refractivity contribution in [3.05, 3.63) is 30.1 Å². The highest BCUT2D eigenvalue weighted by Crippen LogP contribution is 2.18. The van der Waals surface area contributed by atoms with Crippen LogP contribution in [0.15, 0.2) is 24.4 Å². The van der Waals surface area contributed by atoms with Crippen molar-refractivity contribution in [2.75, 3.05) is 6.54 Å². The molecule has 0 saturated heterocycles. The Morgan fingerprint density at radius 1 is 1.40 bits per heavy atom. The van der Waals surface area contributed by atoms with Crippen LogP contribution >= 0.6 is 0 Å². The summed E-state index contributed by atoms with van der Waals surface area (Å²) in [6, 6.07) is 6.27. The van der Waals surface area contributed by atoms with Gasteiger partial charge in [0.1, 0.15) is 0 Å².